The average Bonchev–Trinajstić information content (AvgIpc) is 2.47. The number of hydrogen-bond acceptors (Lipinski definition) is 3. The predicted molar refractivity (Wildman–Crippen MR) is 80.6 cm³/mol. The summed E-state index contributed by atoms with van der Waals surface area (Å²) in [6.07, 6.45) is 2.08. The molecule has 2 heterocycles. The van der Waals surface area contributed by atoms with E-state index in [0.717, 1.165) is 19.4 Å². The first-order chi connectivity index (χ1) is 9.97. The highest BCUT2D eigenvalue weighted by molar-refractivity contribution is 7.85. The van der Waals surface area contributed by atoms with E-state index in [1.54, 1.807) is 4.90 Å². The fourth-order valence-electron chi connectivity index (χ4n) is 3.12. The van der Waals surface area contributed by atoms with Crippen molar-refractivity contribution in [1.29, 1.82) is 0 Å². The number of rotatable bonds is 3. The molecule has 0 bridgehead atoms. The number of carbonyl (C=O) groups excluding carboxylic acids is 1. The van der Waals surface area contributed by atoms with E-state index in [0.29, 0.717) is 31.1 Å². The Bertz CT molecular complexity index is 419. The number of piperidine rings is 1. The fraction of sp³-hybridized carbons (Fsp3) is 0.857. The van der Waals surface area contributed by atoms with Crippen molar-refractivity contribution in [3.63, 3.8) is 0 Å². The fourth-order valence-corrected chi connectivity index (χ4v) is 4.17. The lowest BCUT2D eigenvalue weighted by molar-refractivity contribution is -0.138. The van der Waals surface area contributed by atoms with Crippen LogP contribution in [0.3, 0.4) is 0 Å². The van der Waals surface area contributed by atoms with E-state index in [9.17, 15) is 13.8 Å². The molecule has 2 saturated heterocycles. The number of carbonyl (C=O) groups is 2. The van der Waals surface area contributed by atoms with E-state index in [4.69, 9.17) is 5.11 Å². The topological polar surface area (TPSA) is 77.9 Å². The number of urea groups is 1. The number of carboxylic acid groups (broad SMARTS) is 1. The quantitative estimate of drug-likeness (QED) is 0.842. The zero-order chi connectivity index (χ0) is 15.4. The SMILES string of the molecule is CC(CC(=O)O)C1CCCN(C(=O)N2CCS(=O)CC2)C1. The molecule has 120 valence electrons. The van der Waals surface area contributed by atoms with Crippen molar-refractivity contribution >= 4 is 22.8 Å². The van der Waals surface area contributed by atoms with Gasteiger partial charge in [0.1, 0.15) is 0 Å². The Labute approximate surface area is 127 Å². The van der Waals surface area contributed by atoms with Crippen molar-refractivity contribution in [2.45, 2.75) is 26.2 Å². The lowest BCUT2D eigenvalue weighted by Gasteiger charge is -2.39. The normalized spacial score (nSPS) is 25.7. The van der Waals surface area contributed by atoms with Crippen LogP contribution in [0.5, 0.6) is 0 Å². The summed E-state index contributed by atoms with van der Waals surface area (Å²) in [4.78, 5) is 26.9. The molecule has 0 saturated carbocycles. The van der Waals surface area contributed by atoms with E-state index in [-0.39, 0.29) is 24.3 Å². The van der Waals surface area contributed by atoms with E-state index in [2.05, 4.69) is 0 Å². The minimum Gasteiger partial charge on any atom is -0.481 e. The second kappa shape index (κ2) is 7.24. The van der Waals surface area contributed by atoms with Crippen LogP contribution in [-0.2, 0) is 15.6 Å². The largest absolute Gasteiger partial charge is 0.481 e. The Morgan fingerprint density at radius 1 is 1.24 bits per heavy atom. The molecule has 2 fully saturated rings. The summed E-state index contributed by atoms with van der Waals surface area (Å²) in [7, 11) is -0.781. The van der Waals surface area contributed by atoms with Gasteiger partial charge < -0.3 is 14.9 Å². The van der Waals surface area contributed by atoms with Crippen LogP contribution < -0.4 is 0 Å². The molecule has 1 N–H and O–H groups in total. The van der Waals surface area contributed by atoms with Crippen molar-refractivity contribution in [3.8, 4) is 0 Å². The summed E-state index contributed by atoms with van der Waals surface area (Å²) in [6, 6.07) is 0.0268. The van der Waals surface area contributed by atoms with Gasteiger partial charge in [-0.15, -0.1) is 0 Å². The molecule has 2 aliphatic heterocycles. The number of hydrogen-bond donors (Lipinski definition) is 1. The summed E-state index contributed by atoms with van der Waals surface area (Å²) in [5, 5.41) is 8.90. The average molecular weight is 316 g/mol. The third kappa shape index (κ3) is 4.43. The van der Waals surface area contributed by atoms with Crippen LogP contribution >= 0.6 is 0 Å². The molecular weight excluding hydrogens is 292 g/mol. The highest BCUT2D eigenvalue weighted by atomic mass is 32.2. The van der Waals surface area contributed by atoms with Gasteiger partial charge in [-0.1, -0.05) is 6.92 Å². The van der Waals surface area contributed by atoms with Gasteiger partial charge in [-0.05, 0) is 24.7 Å². The van der Waals surface area contributed by atoms with Crippen molar-refractivity contribution in [3.05, 3.63) is 0 Å². The van der Waals surface area contributed by atoms with Gasteiger partial charge in [0.05, 0.1) is 0 Å². The van der Waals surface area contributed by atoms with Crippen LogP contribution in [0.2, 0.25) is 0 Å². The van der Waals surface area contributed by atoms with Gasteiger partial charge in [0, 0.05) is 54.9 Å². The first kappa shape index (κ1) is 16.3. The van der Waals surface area contributed by atoms with Gasteiger partial charge in [-0.3, -0.25) is 9.00 Å². The zero-order valence-corrected chi connectivity index (χ0v) is 13.3. The molecule has 7 heteroatoms. The minimum atomic E-state index is -0.781. The molecule has 2 rings (SSSR count). The molecule has 0 aromatic heterocycles. The van der Waals surface area contributed by atoms with Crippen molar-refractivity contribution in [1.82, 2.24) is 9.80 Å². The third-order valence-electron chi connectivity index (χ3n) is 4.48. The monoisotopic (exact) mass is 316 g/mol. The summed E-state index contributed by atoms with van der Waals surface area (Å²) in [6.45, 7) is 4.48. The molecule has 2 aliphatic rings. The number of likely N-dealkylation sites (tertiary alicyclic amines) is 1. The molecule has 0 aromatic carbocycles. The van der Waals surface area contributed by atoms with Crippen molar-refractivity contribution in [2.75, 3.05) is 37.7 Å². The van der Waals surface area contributed by atoms with Crippen molar-refractivity contribution in [2.24, 2.45) is 11.8 Å². The number of nitrogens with zero attached hydrogens (tertiary/aromatic N) is 2. The van der Waals surface area contributed by atoms with E-state index in [1.165, 1.54) is 0 Å². The maximum atomic E-state index is 12.5. The predicted octanol–water partition coefficient (Wildman–Crippen LogP) is 0.994. The number of aliphatic carboxylic acids is 1. The van der Waals surface area contributed by atoms with Crippen LogP contribution in [0.25, 0.3) is 0 Å². The smallest absolute Gasteiger partial charge is 0.320 e. The molecule has 2 unspecified atom stereocenters. The molecule has 6 nitrogen and oxygen atoms in total. The standard InChI is InChI=1S/C14H24N2O4S/c1-11(9-13(17)18)12-3-2-4-16(10-12)14(19)15-5-7-21(20)8-6-15/h11-12H,2-10H2,1H3,(H,17,18). The molecule has 2 atom stereocenters. The highest BCUT2D eigenvalue weighted by Crippen LogP contribution is 2.26. The van der Waals surface area contributed by atoms with Gasteiger partial charge in [0.25, 0.3) is 0 Å². The Morgan fingerprint density at radius 3 is 2.52 bits per heavy atom. The van der Waals surface area contributed by atoms with E-state index in [1.807, 2.05) is 11.8 Å². The Hall–Kier alpha value is -1.11. The van der Waals surface area contributed by atoms with Gasteiger partial charge >= 0.3 is 12.0 Å². The molecule has 21 heavy (non-hydrogen) atoms. The van der Waals surface area contributed by atoms with Crippen molar-refractivity contribution < 1.29 is 18.9 Å². The Kier molecular flexibility index (Phi) is 5.61. The molecule has 2 amide bonds. The lowest BCUT2D eigenvalue weighted by Crippen LogP contribution is -2.52. The van der Waals surface area contributed by atoms with E-state index < -0.39 is 16.8 Å². The van der Waals surface area contributed by atoms with E-state index >= 15 is 0 Å². The summed E-state index contributed by atoms with van der Waals surface area (Å²) in [5.41, 5.74) is 0. The van der Waals surface area contributed by atoms with Crippen LogP contribution in [0.4, 0.5) is 4.79 Å². The first-order valence-electron chi connectivity index (χ1n) is 7.58. The van der Waals surface area contributed by atoms with Gasteiger partial charge in [-0.25, -0.2) is 4.79 Å². The molecule has 0 spiro atoms. The lowest BCUT2D eigenvalue weighted by atomic mass is 9.85. The third-order valence-corrected chi connectivity index (χ3v) is 5.75. The second-order valence-electron chi connectivity index (χ2n) is 6.04. The first-order valence-corrected chi connectivity index (χ1v) is 9.07. The van der Waals surface area contributed by atoms with Gasteiger partial charge in [-0.2, -0.15) is 0 Å². The summed E-state index contributed by atoms with van der Waals surface area (Å²) < 4.78 is 11.4. The second-order valence-corrected chi connectivity index (χ2v) is 7.74. The Balaban J connectivity index is 1.89. The molecular formula is C14H24N2O4S. The molecule has 0 aliphatic carbocycles. The van der Waals surface area contributed by atoms with Crippen LogP contribution in [0, 0.1) is 11.8 Å². The molecule has 0 aromatic rings. The van der Waals surface area contributed by atoms with Gasteiger partial charge in [0.15, 0.2) is 0 Å². The summed E-state index contributed by atoms with van der Waals surface area (Å²) in [5.74, 6) is 0.714. The van der Waals surface area contributed by atoms with Crippen LogP contribution in [-0.4, -0.2) is 68.8 Å². The molecule has 0 radical (unpaired) electrons. The highest BCUT2D eigenvalue weighted by Gasteiger charge is 2.31. The van der Waals surface area contributed by atoms with Crippen LogP contribution in [0.1, 0.15) is 26.2 Å². The Morgan fingerprint density at radius 2 is 1.90 bits per heavy atom. The maximum absolute atomic E-state index is 12.5. The number of carboxylic acids is 1. The minimum absolute atomic E-state index is 0.0268. The van der Waals surface area contributed by atoms with Gasteiger partial charge in [0.2, 0.25) is 0 Å². The maximum Gasteiger partial charge on any atom is 0.320 e. The zero-order valence-electron chi connectivity index (χ0n) is 12.5. The number of amides is 2. The van der Waals surface area contributed by atoms with Crippen LogP contribution in [0.15, 0.2) is 0 Å². The summed E-state index contributed by atoms with van der Waals surface area (Å²) >= 11 is 0.